The van der Waals surface area contributed by atoms with Gasteiger partial charge in [-0.2, -0.15) is 0 Å². The molecular formula is C21H28N4O5. The number of ether oxygens (including phenoxy) is 2. The molecule has 0 aliphatic heterocycles. The number of carbonyl (C=O) groups excluding carboxylic acids is 1. The van der Waals surface area contributed by atoms with E-state index in [0.29, 0.717) is 36.4 Å². The molecule has 30 heavy (non-hydrogen) atoms. The Bertz CT molecular complexity index is 1030. The van der Waals surface area contributed by atoms with E-state index >= 15 is 0 Å². The first-order valence-electron chi connectivity index (χ1n) is 9.71. The minimum atomic E-state index is -0.614. The number of hydrogen-bond acceptors (Lipinski definition) is 6. The average molecular weight is 416 g/mol. The molecule has 0 bridgehead atoms. The fraction of sp³-hybridized carbons (Fsp3) is 0.381. The van der Waals surface area contributed by atoms with Crippen molar-refractivity contribution in [2.45, 2.75) is 39.8 Å². The maximum atomic E-state index is 12.7. The summed E-state index contributed by atoms with van der Waals surface area (Å²) in [7, 11) is 3.06. The smallest absolute Gasteiger partial charge is 0.332 e. The molecule has 1 amide bonds. The lowest BCUT2D eigenvalue weighted by molar-refractivity contribution is -0.111. The van der Waals surface area contributed by atoms with Crippen LogP contribution >= 0.6 is 0 Å². The van der Waals surface area contributed by atoms with Gasteiger partial charge >= 0.3 is 5.69 Å². The van der Waals surface area contributed by atoms with Gasteiger partial charge in [0.2, 0.25) is 5.91 Å². The number of rotatable bonds is 9. The van der Waals surface area contributed by atoms with Gasteiger partial charge in [0.05, 0.1) is 14.2 Å². The van der Waals surface area contributed by atoms with E-state index < -0.39 is 17.2 Å². The standard InChI is InChI=1S/C21H28N4O5/c1-5-9-24-19(22)18(20(27)25(10-6-2)21(24)28)23-17(26)8-7-14-11-15(29-3)13-16(12-14)30-4/h7-8,11-13H,5-6,9-10,22H2,1-4H3,(H,23,26)/b8-7+. The molecule has 0 radical (unpaired) electrons. The molecule has 2 aromatic rings. The summed E-state index contributed by atoms with van der Waals surface area (Å²) in [6.45, 7) is 4.33. The molecule has 1 aromatic heterocycles. The quantitative estimate of drug-likeness (QED) is 0.605. The van der Waals surface area contributed by atoms with E-state index in [2.05, 4.69) is 5.32 Å². The fourth-order valence-corrected chi connectivity index (χ4v) is 2.96. The lowest BCUT2D eigenvalue weighted by atomic mass is 10.2. The van der Waals surface area contributed by atoms with Crippen LogP contribution in [0.4, 0.5) is 11.5 Å². The molecule has 0 aliphatic rings. The van der Waals surface area contributed by atoms with Crippen LogP contribution in [0, 0.1) is 0 Å². The van der Waals surface area contributed by atoms with Gasteiger partial charge in [-0.15, -0.1) is 0 Å². The van der Waals surface area contributed by atoms with Crippen molar-refractivity contribution in [1.82, 2.24) is 9.13 Å². The first kappa shape index (κ1) is 22.8. The van der Waals surface area contributed by atoms with Crippen LogP contribution in [-0.2, 0) is 17.9 Å². The zero-order valence-electron chi connectivity index (χ0n) is 17.7. The Hall–Kier alpha value is -3.49. The maximum Gasteiger partial charge on any atom is 0.332 e. The van der Waals surface area contributed by atoms with Gasteiger partial charge in [-0.05, 0) is 36.6 Å². The molecule has 0 unspecified atom stereocenters. The van der Waals surface area contributed by atoms with Gasteiger partial charge in [0.1, 0.15) is 23.0 Å². The van der Waals surface area contributed by atoms with Crippen molar-refractivity contribution in [3.8, 4) is 11.5 Å². The second-order valence-corrected chi connectivity index (χ2v) is 6.62. The van der Waals surface area contributed by atoms with Gasteiger partial charge in [-0.25, -0.2) is 4.79 Å². The summed E-state index contributed by atoms with van der Waals surface area (Å²) in [5, 5.41) is 2.52. The second kappa shape index (κ2) is 10.3. The van der Waals surface area contributed by atoms with Crippen molar-refractivity contribution in [3.05, 3.63) is 50.7 Å². The lowest BCUT2D eigenvalue weighted by Crippen LogP contribution is -2.42. The van der Waals surface area contributed by atoms with Gasteiger partial charge in [-0.3, -0.25) is 18.7 Å². The Labute approximate surface area is 174 Å². The molecule has 9 heteroatoms. The molecule has 0 aliphatic carbocycles. The molecular weight excluding hydrogens is 388 g/mol. The van der Waals surface area contributed by atoms with Crippen LogP contribution in [0.3, 0.4) is 0 Å². The highest BCUT2D eigenvalue weighted by Crippen LogP contribution is 2.23. The highest BCUT2D eigenvalue weighted by atomic mass is 16.5. The summed E-state index contributed by atoms with van der Waals surface area (Å²) in [6, 6.07) is 5.18. The molecule has 162 valence electrons. The van der Waals surface area contributed by atoms with E-state index in [9.17, 15) is 14.4 Å². The third-order valence-corrected chi connectivity index (χ3v) is 4.41. The fourth-order valence-electron chi connectivity index (χ4n) is 2.96. The van der Waals surface area contributed by atoms with E-state index in [1.54, 1.807) is 24.3 Å². The van der Waals surface area contributed by atoms with Crippen LogP contribution in [0.5, 0.6) is 11.5 Å². The van der Waals surface area contributed by atoms with Crippen LogP contribution in [0.15, 0.2) is 33.9 Å². The zero-order valence-corrected chi connectivity index (χ0v) is 17.7. The van der Waals surface area contributed by atoms with Crippen molar-refractivity contribution in [1.29, 1.82) is 0 Å². The van der Waals surface area contributed by atoms with Gasteiger partial charge < -0.3 is 20.5 Å². The van der Waals surface area contributed by atoms with E-state index in [4.69, 9.17) is 15.2 Å². The summed E-state index contributed by atoms with van der Waals surface area (Å²) in [4.78, 5) is 37.8. The zero-order chi connectivity index (χ0) is 22.3. The Morgan fingerprint density at radius 1 is 1.03 bits per heavy atom. The van der Waals surface area contributed by atoms with Crippen LogP contribution < -0.4 is 31.8 Å². The molecule has 2 rings (SSSR count). The van der Waals surface area contributed by atoms with Crippen molar-refractivity contribution in [3.63, 3.8) is 0 Å². The average Bonchev–Trinajstić information content (AvgIpc) is 2.75. The highest BCUT2D eigenvalue weighted by molar-refractivity contribution is 6.03. The molecule has 0 spiro atoms. The van der Waals surface area contributed by atoms with Gasteiger partial charge in [0.15, 0.2) is 0 Å². The number of aromatic nitrogens is 2. The number of nitrogen functional groups attached to an aromatic ring is 1. The van der Waals surface area contributed by atoms with Crippen LogP contribution in [-0.4, -0.2) is 29.3 Å². The second-order valence-electron chi connectivity index (χ2n) is 6.62. The van der Waals surface area contributed by atoms with E-state index in [0.717, 1.165) is 4.57 Å². The molecule has 3 N–H and O–H groups in total. The maximum absolute atomic E-state index is 12.7. The molecule has 0 saturated carbocycles. The first-order chi connectivity index (χ1) is 14.4. The number of carbonyl (C=O) groups is 1. The lowest BCUT2D eigenvalue weighted by Gasteiger charge is -2.16. The summed E-state index contributed by atoms with van der Waals surface area (Å²) in [5.41, 5.74) is 5.53. The first-order valence-corrected chi connectivity index (χ1v) is 9.71. The number of methoxy groups -OCH3 is 2. The number of amides is 1. The topological polar surface area (TPSA) is 118 Å². The van der Waals surface area contributed by atoms with Gasteiger partial charge in [-0.1, -0.05) is 13.8 Å². The molecule has 0 atom stereocenters. The number of hydrogen-bond donors (Lipinski definition) is 2. The van der Waals surface area contributed by atoms with Crippen LogP contribution in [0.2, 0.25) is 0 Å². The number of anilines is 2. The number of nitrogens with one attached hydrogen (secondary N) is 1. The highest BCUT2D eigenvalue weighted by Gasteiger charge is 2.17. The Balaban J connectivity index is 2.38. The Morgan fingerprint density at radius 3 is 2.13 bits per heavy atom. The third kappa shape index (κ3) is 5.11. The third-order valence-electron chi connectivity index (χ3n) is 4.41. The van der Waals surface area contributed by atoms with E-state index in [-0.39, 0.29) is 18.1 Å². The predicted octanol–water partition coefficient (Wildman–Crippen LogP) is 2.08. The molecule has 0 fully saturated rings. The minimum Gasteiger partial charge on any atom is -0.497 e. The van der Waals surface area contributed by atoms with Crippen molar-refractivity contribution < 1.29 is 14.3 Å². The van der Waals surface area contributed by atoms with Crippen molar-refractivity contribution >= 4 is 23.5 Å². The Morgan fingerprint density at radius 2 is 1.60 bits per heavy atom. The van der Waals surface area contributed by atoms with Gasteiger partial charge in [0.25, 0.3) is 5.56 Å². The molecule has 0 saturated heterocycles. The van der Waals surface area contributed by atoms with E-state index in [1.165, 1.54) is 24.9 Å². The summed E-state index contributed by atoms with van der Waals surface area (Å²) < 4.78 is 12.8. The van der Waals surface area contributed by atoms with Gasteiger partial charge in [0, 0.05) is 25.2 Å². The monoisotopic (exact) mass is 416 g/mol. The van der Waals surface area contributed by atoms with Crippen LogP contribution in [0.1, 0.15) is 32.3 Å². The van der Waals surface area contributed by atoms with Crippen molar-refractivity contribution in [2.75, 3.05) is 25.3 Å². The van der Waals surface area contributed by atoms with E-state index in [1.807, 2.05) is 13.8 Å². The SMILES string of the molecule is CCCn1c(N)c(NC(=O)/C=C/c2cc(OC)cc(OC)c2)c(=O)n(CCC)c1=O. The summed E-state index contributed by atoms with van der Waals surface area (Å²) in [6.07, 6.45) is 4.07. The summed E-state index contributed by atoms with van der Waals surface area (Å²) in [5.74, 6) is 0.551. The molecule has 1 heterocycles. The minimum absolute atomic E-state index is 0.0518. The number of nitrogens with two attached hydrogens (primary N) is 1. The summed E-state index contributed by atoms with van der Waals surface area (Å²) >= 11 is 0. The van der Waals surface area contributed by atoms with Crippen molar-refractivity contribution in [2.24, 2.45) is 0 Å². The number of nitrogens with zero attached hydrogens (tertiary/aromatic N) is 2. The van der Waals surface area contributed by atoms with Crippen LogP contribution in [0.25, 0.3) is 6.08 Å². The normalized spacial score (nSPS) is 10.9. The largest absolute Gasteiger partial charge is 0.497 e. The Kier molecular flexibility index (Phi) is 7.85. The predicted molar refractivity (Wildman–Crippen MR) is 117 cm³/mol. The number of benzene rings is 1. The molecule has 1 aromatic carbocycles. The molecule has 9 nitrogen and oxygen atoms in total.